The van der Waals surface area contributed by atoms with Crippen LogP contribution in [-0.4, -0.2) is 30.4 Å². The predicted octanol–water partition coefficient (Wildman–Crippen LogP) is 0.336. The Hall–Kier alpha value is 0.560. The second kappa shape index (κ2) is 12.3. The largest absolute Gasteiger partial charge is 0.477 e. The smallest absolute Gasteiger partial charge is 0.346 e. The van der Waals surface area contributed by atoms with Crippen molar-refractivity contribution in [2.24, 2.45) is 10.7 Å². The summed E-state index contributed by atoms with van der Waals surface area (Å²) in [6.07, 6.45) is 0.840. The standard InChI is InChI=1S/C4H8N2O2.2HI/c5-1-2-6-3-4(7)8;;/h3H,1-2,5H2,(H,7,8);2*1H. The first-order valence-corrected chi connectivity index (χ1v) is 2.20. The van der Waals surface area contributed by atoms with E-state index in [4.69, 9.17) is 10.8 Å². The Morgan fingerprint density at radius 3 is 2.40 bits per heavy atom. The fourth-order valence-corrected chi connectivity index (χ4v) is 0.217. The molecule has 0 amide bonds. The van der Waals surface area contributed by atoms with Gasteiger partial charge in [0, 0.05) is 6.54 Å². The Bertz CT molecular complexity index is 107. The number of carboxylic acid groups (broad SMARTS) is 1. The zero-order valence-electron chi connectivity index (χ0n) is 5.19. The van der Waals surface area contributed by atoms with E-state index in [2.05, 4.69) is 4.99 Å². The molecule has 0 bridgehead atoms. The summed E-state index contributed by atoms with van der Waals surface area (Å²) < 4.78 is 0. The van der Waals surface area contributed by atoms with Crippen LogP contribution in [0.25, 0.3) is 0 Å². The Labute approximate surface area is 93.3 Å². The Morgan fingerprint density at radius 2 is 2.10 bits per heavy atom. The van der Waals surface area contributed by atoms with Crippen LogP contribution in [0.15, 0.2) is 4.99 Å². The van der Waals surface area contributed by atoms with Gasteiger partial charge in [-0.2, -0.15) is 0 Å². The molecular weight excluding hydrogens is 362 g/mol. The van der Waals surface area contributed by atoms with E-state index in [1.54, 1.807) is 0 Å². The van der Waals surface area contributed by atoms with Gasteiger partial charge in [-0.15, -0.1) is 48.0 Å². The van der Waals surface area contributed by atoms with Crippen molar-refractivity contribution in [1.82, 2.24) is 0 Å². The fraction of sp³-hybridized carbons (Fsp3) is 0.500. The molecule has 4 nitrogen and oxygen atoms in total. The molecule has 0 aliphatic rings. The zero-order chi connectivity index (χ0) is 6.41. The van der Waals surface area contributed by atoms with Crippen LogP contribution in [0.5, 0.6) is 0 Å². The number of carboxylic acids is 1. The Kier molecular flexibility index (Phi) is 20.7. The maximum Gasteiger partial charge on any atom is 0.346 e. The quantitative estimate of drug-likeness (QED) is 0.554. The molecule has 0 atom stereocenters. The van der Waals surface area contributed by atoms with Crippen LogP contribution in [0.2, 0.25) is 0 Å². The van der Waals surface area contributed by atoms with Gasteiger partial charge < -0.3 is 10.8 Å². The van der Waals surface area contributed by atoms with Gasteiger partial charge in [-0.3, -0.25) is 4.99 Å². The van der Waals surface area contributed by atoms with Crippen molar-refractivity contribution in [3.63, 3.8) is 0 Å². The first-order valence-electron chi connectivity index (χ1n) is 2.20. The third-order valence-electron chi connectivity index (χ3n) is 0.460. The average molecular weight is 372 g/mol. The number of nitrogens with zero attached hydrogens (tertiary/aromatic N) is 1. The predicted molar refractivity (Wildman–Crippen MR) is 60.9 cm³/mol. The molecule has 0 saturated heterocycles. The molecule has 0 aromatic carbocycles. The number of nitrogens with two attached hydrogens (primary N) is 1. The minimum atomic E-state index is -1.03. The molecule has 10 heavy (non-hydrogen) atoms. The number of aliphatic imine (C=N–C) groups is 1. The van der Waals surface area contributed by atoms with Crippen molar-refractivity contribution in [2.75, 3.05) is 13.1 Å². The van der Waals surface area contributed by atoms with Crippen molar-refractivity contribution < 1.29 is 9.90 Å². The van der Waals surface area contributed by atoms with Gasteiger partial charge in [0.15, 0.2) is 0 Å². The van der Waals surface area contributed by atoms with Gasteiger partial charge >= 0.3 is 5.97 Å². The Morgan fingerprint density at radius 1 is 1.60 bits per heavy atom. The summed E-state index contributed by atoms with van der Waals surface area (Å²) in [7, 11) is 0. The van der Waals surface area contributed by atoms with E-state index in [1.807, 2.05) is 0 Å². The van der Waals surface area contributed by atoms with E-state index in [9.17, 15) is 4.79 Å². The summed E-state index contributed by atoms with van der Waals surface area (Å²) >= 11 is 0. The van der Waals surface area contributed by atoms with Gasteiger partial charge in [-0.25, -0.2) is 4.79 Å². The van der Waals surface area contributed by atoms with E-state index in [-0.39, 0.29) is 48.0 Å². The molecule has 0 aromatic heterocycles. The summed E-state index contributed by atoms with van der Waals surface area (Å²) in [6, 6.07) is 0. The summed E-state index contributed by atoms with van der Waals surface area (Å²) in [5.41, 5.74) is 5.01. The van der Waals surface area contributed by atoms with Crippen LogP contribution < -0.4 is 5.73 Å². The van der Waals surface area contributed by atoms with Crippen molar-refractivity contribution in [1.29, 1.82) is 0 Å². The highest BCUT2D eigenvalue weighted by molar-refractivity contribution is 14.0. The van der Waals surface area contributed by atoms with Gasteiger partial charge in [0.2, 0.25) is 0 Å². The van der Waals surface area contributed by atoms with Crippen molar-refractivity contribution in [3.8, 4) is 0 Å². The van der Waals surface area contributed by atoms with E-state index in [1.165, 1.54) is 0 Å². The first-order chi connectivity index (χ1) is 3.77. The Balaban J connectivity index is -0.000000245. The molecule has 0 radical (unpaired) electrons. The lowest BCUT2D eigenvalue weighted by molar-refractivity contribution is -0.128. The zero-order valence-corrected chi connectivity index (χ0v) is 9.85. The maximum absolute atomic E-state index is 9.68. The molecule has 0 fully saturated rings. The molecule has 62 valence electrons. The van der Waals surface area contributed by atoms with Crippen molar-refractivity contribution >= 4 is 60.1 Å². The van der Waals surface area contributed by atoms with Crippen LogP contribution in [0.1, 0.15) is 0 Å². The van der Waals surface area contributed by atoms with Gasteiger partial charge in [-0.05, 0) is 0 Å². The van der Waals surface area contributed by atoms with Crippen LogP contribution in [0, 0.1) is 0 Å². The molecule has 0 aliphatic carbocycles. The molecule has 0 aromatic rings. The van der Waals surface area contributed by atoms with Crippen LogP contribution >= 0.6 is 48.0 Å². The number of hydrogen-bond donors (Lipinski definition) is 2. The summed E-state index contributed by atoms with van der Waals surface area (Å²) in [5.74, 6) is -1.03. The topological polar surface area (TPSA) is 75.7 Å². The van der Waals surface area contributed by atoms with Crippen molar-refractivity contribution in [2.45, 2.75) is 0 Å². The summed E-state index contributed by atoms with van der Waals surface area (Å²) in [5, 5.41) is 7.95. The van der Waals surface area contributed by atoms with Gasteiger partial charge in [0.1, 0.15) is 6.21 Å². The van der Waals surface area contributed by atoms with Crippen molar-refractivity contribution in [3.05, 3.63) is 0 Å². The lowest BCUT2D eigenvalue weighted by atomic mass is 10.6. The third-order valence-corrected chi connectivity index (χ3v) is 0.460. The lowest BCUT2D eigenvalue weighted by Gasteiger charge is -1.81. The normalized spacial score (nSPS) is 8.10. The monoisotopic (exact) mass is 372 g/mol. The molecule has 0 rings (SSSR count). The molecule has 0 heterocycles. The second-order valence-corrected chi connectivity index (χ2v) is 1.16. The molecule has 0 saturated carbocycles. The van der Waals surface area contributed by atoms with E-state index >= 15 is 0 Å². The average Bonchev–Trinajstić information content (AvgIpc) is 1.66. The summed E-state index contributed by atoms with van der Waals surface area (Å²) in [6.45, 7) is 0.774. The maximum atomic E-state index is 9.68. The van der Waals surface area contributed by atoms with Crippen LogP contribution in [-0.2, 0) is 4.79 Å². The number of aliphatic carboxylic acids is 1. The number of hydrogen-bond acceptors (Lipinski definition) is 3. The third kappa shape index (κ3) is 15.8. The lowest BCUT2D eigenvalue weighted by Crippen LogP contribution is -2.04. The van der Waals surface area contributed by atoms with Crippen LogP contribution in [0.4, 0.5) is 0 Å². The SMILES string of the molecule is I.I.NCCN=CC(=O)O. The van der Waals surface area contributed by atoms with E-state index in [0.29, 0.717) is 13.1 Å². The molecule has 0 aliphatic heterocycles. The van der Waals surface area contributed by atoms with Crippen LogP contribution in [0.3, 0.4) is 0 Å². The minimum Gasteiger partial charge on any atom is -0.477 e. The highest BCUT2D eigenvalue weighted by Gasteiger charge is 1.82. The number of carbonyl (C=O) groups is 1. The molecule has 0 unspecified atom stereocenters. The number of halogens is 2. The number of rotatable bonds is 3. The second-order valence-electron chi connectivity index (χ2n) is 1.16. The molecule has 3 N–H and O–H groups in total. The highest BCUT2D eigenvalue weighted by Crippen LogP contribution is 1.61. The fourth-order valence-electron chi connectivity index (χ4n) is 0.217. The van der Waals surface area contributed by atoms with E-state index < -0.39 is 5.97 Å². The molecule has 6 heteroatoms. The molecule has 0 spiro atoms. The van der Waals surface area contributed by atoms with E-state index in [0.717, 1.165) is 6.21 Å². The van der Waals surface area contributed by atoms with Gasteiger partial charge in [-0.1, -0.05) is 0 Å². The minimum absolute atomic E-state index is 0. The van der Waals surface area contributed by atoms with Gasteiger partial charge in [0.25, 0.3) is 0 Å². The molecular formula is C4H10I2N2O2. The first kappa shape index (κ1) is 16.9. The summed E-state index contributed by atoms with van der Waals surface area (Å²) in [4.78, 5) is 13.1. The van der Waals surface area contributed by atoms with Gasteiger partial charge in [0.05, 0.1) is 6.54 Å². The highest BCUT2D eigenvalue weighted by atomic mass is 127.